The van der Waals surface area contributed by atoms with Gasteiger partial charge in [-0.2, -0.15) is 0 Å². The molecule has 0 spiro atoms. The van der Waals surface area contributed by atoms with Crippen LogP contribution in [0.15, 0.2) is 76.9 Å². The van der Waals surface area contributed by atoms with E-state index in [1.807, 2.05) is 0 Å². The Morgan fingerprint density at radius 1 is 0.828 bits per heavy atom. The first-order valence-corrected chi connectivity index (χ1v) is 11.0. The van der Waals surface area contributed by atoms with Gasteiger partial charge in [-0.1, -0.05) is 64.8 Å². The van der Waals surface area contributed by atoms with E-state index in [1.165, 1.54) is 38.9 Å². The van der Waals surface area contributed by atoms with Crippen molar-refractivity contribution >= 4 is 10.9 Å². The van der Waals surface area contributed by atoms with Gasteiger partial charge < -0.3 is 4.98 Å². The smallest absolute Gasteiger partial charge is 0.0456 e. The summed E-state index contributed by atoms with van der Waals surface area (Å²) in [5, 5.41) is 1.30. The van der Waals surface area contributed by atoms with Crippen LogP contribution in [0, 0.1) is 0 Å². The highest BCUT2D eigenvalue weighted by atomic mass is 14.7. The number of aromatic amines is 1. The molecule has 1 heteroatoms. The van der Waals surface area contributed by atoms with Gasteiger partial charge in [0.2, 0.25) is 0 Å². The summed E-state index contributed by atoms with van der Waals surface area (Å²) < 4.78 is 0. The zero-order chi connectivity index (χ0) is 21.2. The number of fused-ring (bicyclic) bond motifs is 1. The predicted octanol–water partition coefficient (Wildman–Crippen LogP) is 9.03. The van der Waals surface area contributed by atoms with Crippen LogP contribution >= 0.6 is 0 Å². The molecule has 1 aromatic heterocycles. The molecular formula is C28H39N. The normalized spacial score (nSPS) is 13.4. The number of nitrogens with one attached hydrogen (secondary N) is 1. The number of para-hydroxylation sites is 1. The van der Waals surface area contributed by atoms with Crippen LogP contribution in [0.3, 0.4) is 0 Å². The molecule has 1 unspecified atom stereocenters. The van der Waals surface area contributed by atoms with Crippen molar-refractivity contribution in [2.24, 2.45) is 0 Å². The summed E-state index contributed by atoms with van der Waals surface area (Å²) in [6.45, 7) is 13.2. The van der Waals surface area contributed by atoms with E-state index >= 15 is 0 Å². The van der Waals surface area contributed by atoms with Crippen molar-refractivity contribution in [1.82, 2.24) is 4.98 Å². The first-order valence-electron chi connectivity index (χ1n) is 11.0. The molecule has 0 saturated carbocycles. The van der Waals surface area contributed by atoms with E-state index in [0.717, 1.165) is 32.1 Å². The van der Waals surface area contributed by atoms with Gasteiger partial charge in [0.15, 0.2) is 0 Å². The average molecular weight is 390 g/mol. The second-order valence-electron chi connectivity index (χ2n) is 8.86. The van der Waals surface area contributed by atoms with Crippen molar-refractivity contribution in [2.75, 3.05) is 0 Å². The molecule has 2 aromatic rings. The van der Waals surface area contributed by atoms with Crippen molar-refractivity contribution in [3.63, 3.8) is 0 Å². The van der Waals surface area contributed by atoms with Crippen LogP contribution < -0.4 is 0 Å². The molecule has 1 heterocycles. The topological polar surface area (TPSA) is 15.8 Å². The predicted molar refractivity (Wildman–Crippen MR) is 131 cm³/mol. The highest BCUT2D eigenvalue weighted by molar-refractivity contribution is 5.80. The van der Waals surface area contributed by atoms with E-state index in [-0.39, 0.29) is 0 Å². The van der Waals surface area contributed by atoms with Crippen LogP contribution in [-0.2, 0) is 0 Å². The summed E-state index contributed by atoms with van der Waals surface area (Å²) in [6, 6.07) is 10.9. The Morgan fingerprint density at radius 3 is 2.07 bits per heavy atom. The molecule has 1 N–H and O–H groups in total. The summed E-state index contributed by atoms with van der Waals surface area (Å²) in [6.07, 6.45) is 15.2. The lowest BCUT2D eigenvalue weighted by Crippen LogP contribution is -1.97. The average Bonchev–Trinajstić information content (AvgIpc) is 3.08. The van der Waals surface area contributed by atoms with E-state index in [1.54, 1.807) is 0 Å². The third kappa shape index (κ3) is 8.31. The molecule has 0 aliphatic carbocycles. The first-order chi connectivity index (χ1) is 13.8. The van der Waals surface area contributed by atoms with E-state index in [9.17, 15) is 0 Å². The van der Waals surface area contributed by atoms with Crippen LogP contribution in [0.25, 0.3) is 10.9 Å². The molecule has 0 aliphatic heterocycles. The molecule has 1 atom stereocenters. The number of rotatable bonds is 10. The number of H-pyrrole nitrogens is 1. The monoisotopic (exact) mass is 389 g/mol. The standard InChI is InChI=1S/C28H39N/c1-21(2)11-9-13-23(5)17-18-26(19-24(6)14-10-12-22(3)4)28-20-25-15-7-8-16-27(25)29-28/h7-8,11-12,15-17,19-20,26,29H,9-10,13-14,18H2,1-6H3/b23-17+,24-19+. The number of aromatic nitrogens is 1. The fourth-order valence-corrected chi connectivity index (χ4v) is 3.61. The van der Waals surface area contributed by atoms with E-state index in [0.29, 0.717) is 5.92 Å². The van der Waals surface area contributed by atoms with Gasteiger partial charge in [0.25, 0.3) is 0 Å². The quantitative estimate of drug-likeness (QED) is 0.390. The zero-order valence-corrected chi connectivity index (χ0v) is 19.3. The molecule has 1 nitrogen and oxygen atoms in total. The Morgan fingerprint density at radius 2 is 1.45 bits per heavy atom. The maximum atomic E-state index is 3.66. The molecule has 0 aliphatic rings. The van der Waals surface area contributed by atoms with Gasteiger partial charge in [-0.15, -0.1) is 0 Å². The van der Waals surface area contributed by atoms with Gasteiger partial charge in [-0.25, -0.2) is 0 Å². The lowest BCUT2D eigenvalue weighted by molar-refractivity contribution is 0.804. The molecule has 0 bridgehead atoms. The third-order valence-electron chi connectivity index (χ3n) is 5.34. The SMILES string of the molecule is CC(C)=CCC/C(C)=C/CC(/C=C(\C)CCC=C(C)C)c1cc2ccccc2[nH]1. The van der Waals surface area contributed by atoms with Gasteiger partial charge in [0.05, 0.1) is 0 Å². The molecule has 156 valence electrons. The fraction of sp³-hybridized carbons (Fsp3) is 0.429. The van der Waals surface area contributed by atoms with Crippen molar-refractivity contribution < 1.29 is 0 Å². The van der Waals surface area contributed by atoms with Gasteiger partial charge in [0, 0.05) is 17.1 Å². The van der Waals surface area contributed by atoms with Gasteiger partial charge in [-0.3, -0.25) is 0 Å². The summed E-state index contributed by atoms with van der Waals surface area (Å²) in [4.78, 5) is 3.66. The summed E-state index contributed by atoms with van der Waals surface area (Å²) >= 11 is 0. The van der Waals surface area contributed by atoms with Crippen LogP contribution in [-0.4, -0.2) is 4.98 Å². The molecule has 0 amide bonds. The Labute approximate surface area is 178 Å². The van der Waals surface area contributed by atoms with Gasteiger partial charge in [-0.05, 0) is 91.2 Å². The number of allylic oxidation sites excluding steroid dienone is 8. The summed E-state index contributed by atoms with van der Waals surface area (Å²) in [5.41, 5.74) is 8.32. The molecule has 0 radical (unpaired) electrons. The second-order valence-corrected chi connectivity index (χ2v) is 8.86. The largest absolute Gasteiger partial charge is 0.358 e. The highest BCUT2D eigenvalue weighted by Crippen LogP contribution is 2.28. The van der Waals surface area contributed by atoms with Crippen molar-refractivity contribution in [2.45, 2.75) is 79.6 Å². The number of hydrogen-bond acceptors (Lipinski definition) is 0. The van der Waals surface area contributed by atoms with E-state index in [4.69, 9.17) is 0 Å². The van der Waals surface area contributed by atoms with Crippen molar-refractivity contribution in [1.29, 1.82) is 0 Å². The van der Waals surface area contributed by atoms with Crippen LogP contribution in [0.2, 0.25) is 0 Å². The number of benzene rings is 1. The second kappa shape index (κ2) is 11.7. The Balaban J connectivity index is 2.18. The minimum atomic E-state index is 0.396. The Bertz CT molecular complexity index is 860. The van der Waals surface area contributed by atoms with Crippen LogP contribution in [0.5, 0.6) is 0 Å². The molecular weight excluding hydrogens is 350 g/mol. The molecule has 0 fully saturated rings. The molecule has 29 heavy (non-hydrogen) atoms. The summed E-state index contributed by atoms with van der Waals surface area (Å²) in [7, 11) is 0. The first kappa shape index (κ1) is 23.0. The fourth-order valence-electron chi connectivity index (χ4n) is 3.61. The third-order valence-corrected chi connectivity index (χ3v) is 5.34. The molecule has 0 saturated heterocycles. The Hall–Kier alpha value is -2.28. The number of hydrogen-bond donors (Lipinski definition) is 1. The minimum absolute atomic E-state index is 0.396. The molecule has 2 rings (SSSR count). The molecule has 1 aromatic carbocycles. The minimum Gasteiger partial charge on any atom is -0.358 e. The maximum Gasteiger partial charge on any atom is 0.0456 e. The Kier molecular flexibility index (Phi) is 9.25. The summed E-state index contributed by atoms with van der Waals surface area (Å²) in [5.74, 6) is 0.396. The highest BCUT2D eigenvalue weighted by Gasteiger charge is 2.11. The van der Waals surface area contributed by atoms with E-state index in [2.05, 4.69) is 101 Å². The zero-order valence-electron chi connectivity index (χ0n) is 19.3. The van der Waals surface area contributed by atoms with E-state index < -0.39 is 0 Å². The lowest BCUT2D eigenvalue weighted by atomic mass is 9.95. The lowest BCUT2D eigenvalue weighted by Gasteiger charge is -2.12. The van der Waals surface area contributed by atoms with Crippen LogP contribution in [0.1, 0.15) is 85.3 Å². The maximum absolute atomic E-state index is 3.66. The van der Waals surface area contributed by atoms with Crippen LogP contribution in [0.4, 0.5) is 0 Å². The van der Waals surface area contributed by atoms with Crippen molar-refractivity contribution in [3.05, 3.63) is 82.6 Å². The van der Waals surface area contributed by atoms with Gasteiger partial charge in [0.1, 0.15) is 0 Å². The van der Waals surface area contributed by atoms with Gasteiger partial charge >= 0.3 is 0 Å². The van der Waals surface area contributed by atoms with Crippen molar-refractivity contribution in [3.8, 4) is 0 Å².